The maximum atomic E-state index is 10.1. The summed E-state index contributed by atoms with van der Waals surface area (Å²) in [6.45, 7) is 2.41. The standard InChI is InChI=1S/C22H45IO7/c1-2-3-4-5-6-7-8-9-10-11-12-13-14-15-18(24)16-17-29-22-20(26)19(25)21(27)23(28)30-22/h18-22,24-28H,2-17H2,1H3. The number of aliphatic hydroxyl groups is 4. The SMILES string of the molecule is CCCCCCCCCCCCCCCC(O)CCOC1OI(O)C(O)C(O)C1O. The molecule has 5 atom stereocenters. The van der Waals surface area contributed by atoms with E-state index in [4.69, 9.17) is 7.80 Å². The molecule has 0 amide bonds. The molecule has 0 aromatic rings. The third-order valence-corrected chi connectivity index (χ3v) is 8.51. The van der Waals surface area contributed by atoms with Crippen molar-refractivity contribution < 1.29 is 31.7 Å². The molecule has 1 rings (SSSR count). The average Bonchev–Trinajstić information content (AvgIpc) is 2.73. The van der Waals surface area contributed by atoms with Gasteiger partial charge >= 0.3 is 133 Å². The van der Waals surface area contributed by atoms with Gasteiger partial charge in [-0.05, 0) is 0 Å². The first-order valence-corrected chi connectivity index (χ1v) is 14.9. The normalized spacial score (nSPS) is 26.8. The monoisotopic (exact) mass is 548 g/mol. The molecule has 182 valence electrons. The first-order valence-electron chi connectivity index (χ1n) is 11.9. The molecule has 8 heteroatoms. The van der Waals surface area contributed by atoms with E-state index < -0.39 is 49.4 Å². The summed E-state index contributed by atoms with van der Waals surface area (Å²) >= 11 is -3.18. The molecule has 5 N–H and O–H groups in total. The molecule has 1 heterocycles. The Morgan fingerprint density at radius 3 is 1.80 bits per heavy atom. The Kier molecular flexibility index (Phi) is 17.0. The fraction of sp³-hybridized carbons (Fsp3) is 1.00. The van der Waals surface area contributed by atoms with Gasteiger partial charge in [0.15, 0.2) is 0 Å². The summed E-state index contributed by atoms with van der Waals surface area (Å²) in [6.07, 6.45) is 13.5. The Bertz CT molecular complexity index is 402. The molecular formula is C22H45IO7. The van der Waals surface area contributed by atoms with Crippen LogP contribution in [-0.2, 0) is 7.80 Å². The van der Waals surface area contributed by atoms with Gasteiger partial charge in [0.2, 0.25) is 0 Å². The van der Waals surface area contributed by atoms with Gasteiger partial charge in [-0.3, -0.25) is 0 Å². The number of halogens is 1. The molecule has 0 spiro atoms. The van der Waals surface area contributed by atoms with Crippen LogP contribution in [-0.4, -0.2) is 59.2 Å². The molecule has 0 radical (unpaired) electrons. The first kappa shape index (κ1) is 28.5. The molecule has 0 aliphatic carbocycles. The third kappa shape index (κ3) is 12.5. The fourth-order valence-corrected chi connectivity index (χ4v) is 5.93. The minimum atomic E-state index is -3.18. The number of aliphatic hydroxyl groups excluding tert-OH is 4. The maximum absolute atomic E-state index is 10.1. The summed E-state index contributed by atoms with van der Waals surface area (Å²) in [6, 6.07) is 0. The van der Waals surface area contributed by atoms with Crippen molar-refractivity contribution in [1.29, 1.82) is 0 Å². The summed E-state index contributed by atoms with van der Waals surface area (Å²) < 4.78 is 18.6. The van der Waals surface area contributed by atoms with Crippen LogP contribution in [0, 0.1) is 0 Å². The number of ether oxygens (including phenoxy) is 1. The Labute approximate surface area is 190 Å². The van der Waals surface area contributed by atoms with E-state index in [2.05, 4.69) is 6.92 Å². The van der Waals surface area contributed by atoms with Gasteiger partial charge in [-0.15, -0.1) is 0 Å². The van der Waals surface area contributed by atoms with E-state index in [-0.39, 0.29) is 6.61 Å². The van der Waals surface area contributed by atoms with E-state index in [9.17, 15) is 23.9 Å². The minimum absolute atomic E-state index is 0.161. The zero-order valence-corrected chi connectivity index (χ0v) is 20.8. The van der Waals surface area contributed by atoms with Gasteiger partial charge in [-0.1, -0.05) is 58.3 Å². The fourth-order valence-electron chi connectivity index (χ4n) is 3.62. The van der Waals surface area contributed by atoms with Gasteiger partial charge in [-0.2, -0.15) is 0 Å². The number of hydrogen-bond donors (Lipinski definition) is 5. The number of unbranched alkanes of at least 4 members (excludes halogenated alkanes) is 12. The second-order valence-electron chi connectivity index (χ2n) is 8.41. The van der Waals surface area contributed by atoms with E-state index in [1.807, 2.05) is 0 Å². The van der Waals surface area contributed by atoms with Crippen molar-refractivity contribution >= 4 is 20.6 Å². The summed E-state index contributed by atoms with van der Waals surface area (Å²) in [7, 11) is 0. The molecule has 0 aromatic carbocycles. The average molecular weight is 548 g/mol. The zero-order valence-electron chi connectivity index (χ0n) is 18.6. The van der Waals surface area contributed by atoms with Crippen LogP contribution >= 0.6 is 20.6 Å². The van der Waals surface area contributed by atoms with Gasteiger partial charge in [0.25, 0.3) is 0 Å². The van der Waals surface area contributed by atoms with Crippen LogP contribution in [0.15, 0.2) is 0 Å². The van der Waals surface area contributed by atoms with Crippen LogP contribution in [0.5, 0.6) is 0 Å². The van der Waals surface area contributed by atoms with E-state index in [0.29, 0.717) is 6.42 Å². The van der Waals surface area contributed by atoms with Crippen molar-refractivity contribution in [3.05, 3.63) is 0 Å². The van der Waals surface area contributed by atoms with Crippen LogP contribution in [0.25, 0.3) is 0 Å². The molecule has 0 aromatic heterocycles. The summed E-state index contributed by atoms with van der Waals surface area (Å²) in [5.41, 5.74) is 0. The second kappa shape index (κ2) is 17.9. The molecule has 1 aliphatic rings. The number of hydrogen-bond acceptors (Lipinski definition) is 7. The van der Waals surface area contributed by atoms with Gasteiger partial charge in [0.1, 0.15) is 0 Å². The van der Waals surface area contributed by atoms with Gasteiger partial charge in [-0.25, -0.2) is 0 Å². The van der Waals surface area contributed by atoms with Crippen LogP contribution in [0.2, 0.25) is 0 Å². The van der Waals surface area contributed by atoms with Crippen molar-refractivity contribution in [3.8, 4) is 0 Å². The molecule has 30 heavy (non-hydrogen) atoms. The van der Waals surface area contributed by atoms with E-state index in [0.717, 1.165) is 19.3 Å². The zero-order chi connectivity index (χ0) is 22.2. The molecule has 0 saturated carbocycles. The number of alkyl halides is 1. The van der Waals surface area contributed by atoms with Gasteiger partial charge in [0, 0.05) is 0 Å². The Morgan fingerprint density at radius 1 is 0.767 bits per heavy atom. The Morgan fingerprint density at radius 2 is 1.27 bits per heavy atom. The topological polar surface area (TPSA) is 120 Å². The molecule has 5 unspecified atom stereocenters. The second-order valence-corrected chi connectivity index (χ2v) is 11.7. The van der Waals surface area contributed by atoms with Crippen molar-refractivity contribution in [1.82, 2.24) is 0 Å². The van der Waals surface area contributed by atoms with E-state index >= 15 is 0 Å². The number of rotatable bonds is 18. The van der Waals surface area contributed by atoms with Crippen molar-refractivity contribution in [2.45, 2.75) is 132 Å². The first-order chi connectivity index (χ1) is 14.5. The van der Waals surface area contributed by atoms with E-state index in [1.54, 1.807) is 0 Å². The van der Waals surface area contributed by atoms with Gasteiger partial charge in [0.05, 0.1) is 0 Å². The predicted molar refractivity (Wildman–Crippen MR) is 126 cm³/mol. The molecule has 1 saturated heterocycles. The molecule has 1 aliphatic heterocycles. The summed E-state index contributed by atoms with van der Waals surface area (Å²) in [5, 5.41) is 39.0. The molecule has 7 nitrogen and oxygen atoms in total. The summed E-state index contributed by atoms with van der Waals surface area (Å²) in [4.78, 5) is 0. The van der Waals surface area contributed by atoms with Crippen LogP contribution < -0.4 is 0 Å². The Hall–Kier alpha value is 0.450. The third-order valence-electron chi connectivity index (χ3n) is 5.66. The van der Waals surface area contributed by atoms with Gasteiger partial charge < -0.3 is 0 Å². The molecular weight excluding hydrogens is 503 g/mol. The predicted octanol–water partition coefficient (Wildman–Crippen LogP) is 3.96. The van der Waals surface area contributed by atoms with Crippen LogP contribution in [0.3, 0.4) is 0 Å². The van der Waals surface area contributed by atoms with Crippen LogP contribution in [0.4, 0.5) is 0 Å². The summed E-state index contributed by atoms with van der Waals surface area (Å²) in [5.74, 6) is 0. The van der Waals surface area contributed by atoms with Crippen molar-refractivity contribution in [3.63, 3.8) is 0 Å². The molecule has 1 fully saturated rings. The van der Waals surface area contributed by atoms with Crippen molar-refractivity contribution in [2.75, 3.05) is 6.61 Å². The van der Waals surface area contributed by atoms with E-state index in [1.165, 1.54) is 70.6 Å². The Balaban J connectivity index is 1.90. The van der Waals surface area contributed by atoms with Crippen molar-refractivity contribution in [2.24, 2.45) is 0 Å². The molecule has 0 bridgehead atoms. The quantitative estimate of drug-likeness (QED) is 0.1000. The van der Waals surface area contributed by atoms with Crippen LogP contribution in [0.1, 0.15) is 103 Å².